The zero-order valence-electron chi connectivity index (χ0n) is 14.0. The van der Waals surface area contributed by atoms with Crippen molar-refractivity contribution in [2.24, 2.45) is 5.92 Å². The molecular weight excluding hydrogens is 340 g/mol. The molecule has 0 atom stereocenters. The highest BCUT2D eigenvalue weighted by Gasteiger charge is 2.21. The monoisotopic (exact) mass is 360 g/mol. The molecule has 3 rings (SSSR count). The number of anilines is 2. The molecule has 132 valence electrons. The van der Waals surface area contributed by atoms with Gasteiger partial charge in [-0.25, -0.2) is 0 Å². The molecule has 0 aromatic heterocycles. The lowest BCUT2D eigenvalue weighted by Gasteiger charge is -2.12. The summed E-state index contributed by atoms with van der Waals surface area (Å²) in [5.41, 5.74) is 8.15. The predicted octanol–water partition coefficient (Wildman–Crippen LogP) is 4.11. The number of amides is 1. The van der Waals surface area contributed by atoms with Crippen LogP contribution in [0.2, 0.25) is 5.02 Å². The van der Waals surface area contributed by atoms with Crippen molar-refractivity contribution >= 4 is 28.9 Å². The van der Waals surface area contributed by atoms with E-state index < -0.39 is 0 Å². The van der Waals surface area contributed by atoms with Crippen LogP contribution in [-0.2, 0) is 11.3 Å². The summed E-state index contributed by atoms with van der Waals surface area (Å²) in [5.74, 6) is 0.795. The molecule has 1 saturated carbocycles. The lowest BCUT2D eigenvalue weighted by Crippen LogP contribution is -2.14. The molecule has 25 heavy (non-hydrogen) atoms. The fourth-order valence-corrected chi connectivity index (χ4v) is 2.64. The number of nitrogen functional groups attached to an aromatic ring is 1. The third-order valence-electron chi connectivity index (χ3n) is 4.07. The summed E-state index contributed by atoms with van der Waals surface area (Å²) >= 11 is 6.03. The van der Waals surface area contributed by atoms with E-state index in [1.165, 1.54) is 26.0 Å². The Balaban J connectivity index is 1.69. The van der Waals surface area contributed by atoms with Crippen LogP contribution in [0.5, 0.6) is 5.75 Å². The minimum Gasteiger partial charge on any atom is -0.496 e. The Morgan fingerprint density at radius 2 is 2.12 bits per heavy atom. The van der Waals surface area contributed by atoms with Gasteiger partial charge in [-0.2, -0.15) is 0 Å². The molecule has 0 unspecified atom stereocenters. The van der Waals surface area contributed by atoms with E-state index in [2.05, 4.69) is 5.32 Å². The lowest BCUT2D eigenvalue weighted by molar-refractivity contribution is 0.102. The highest BCUT2D eigenvalue weighted by atomic mass is 35.5. The number of hydrogen-bond acceptors (Lipinski definition) is 4. The summed E-state index contributed by atoms with van der Waals surface area (Å²) in [5, 5.41) is 3.17. The van der Waals surface area contributed by atoms with Gasteiger partial charge in [-0.3, -0.25) is 4.79 Å². The van der Waals surface area contributed by atoms with Gasteiger partial charge in [0.1, 0.15) is 5.75 Å². The van der Waals surface area contributed by atoms with Crippen LogP contribution in [0.1, 0.15) is 28.8 Å². The van der Waals surface area contributed by atoms with Crippen LogP contribution in [-0.4, -0.2) is 19.6 Å². The average Bonchev–Trinajstić information content (AvgIpc) is 3.41. The van der Waals surface area contributed by atoms with Crippen LogP contribution in [0.3, 0.4) is 0 Å². The van der Waals surface area contributed by atoms with Crippen molar-refractivity contribution in [1.82, 2.24) is 0 Å². The predicted molar refractivity (Wildman–Crippen MR) is 99.2 cm³/mol. The van der Waals surface area contributed by atoms with Crippen LogP contribution in [0.4, 0.5) is 11.4 Å². The Morgan fingerprint density at radius 1 is 1.32 bits per heavy atom. The van der Waals surface area contributed by atoms with E-state index in [-0.39, 0.29) is 5.91 Å². The summed E-state index contributed by atoms with van der Waals surface area (Å²) in [6, 6.07) is 10.6. The van der Waals surface area contributed by atoms with E-state index >= 15 is 0 Å². The summed E-state index contributed by atoms with van der Waals surface area (Å²) in [6.45, 7) is 1.34. The number of nitrogens with two attached hydrogens (primary N) is 1. The maximum Gasteiger partial charge on any atom is 0.259 e. The molecule has 1 amide bonds. The number of halogens is 1. The van der Waals surface area contributed by atoms with Gasteiger partial charge < -0.3 is 20.5 Å². The van der Waals surface area contributed by atoms with Gasteiger partial charge in [-0.1, -0.05) is 23.7 Å². The maximum absolute atomic E-state index is 12.6. The molecule has 2 aromatic carbocycles. The van der Waals surface area contributed by atoms with E-state index in [1.54, 1.807) is 6.07 Å². The van der Waals surface area contributed by atoms with Gasteiger partial charge in [0.2, 0.25) is 0 Å². The van der Waals surface area contributed by atoms with Crippen LogP contribution < -0.4 is 15.8 Å². The molecule has 3 N–H and O–H groups in total. The summed E-state index contributed by atoms with van der Waals surface area (Å²) in [7, 11) is 1.48. The fourth-order valence-electron chi connectivity index (χ4n) is 2.48. The smallest absolute Gasteiger partial charge is 0.259 e. The maximum atomic E-state index is 12.6. The summed E-state index contributed by atoms with van der Waals surface area (Å²) in [6.07, 6.45) is 2.53. The molecule has 0 saturated heterocycles. The zero-order valence-corrected chi connectivity index (χ0v) is 14.8. The lowest BCUT2D eigenvalue weighted by atomic mass is 10.1. The SMILES string of the molecule is COc1cc(N)c(Cl)cc1C(=O)Nc1cccc(COCC2CC2)c1. The second kappa shape index (κ2) is 7.76. The molecule has 1 fully saturated rings. The molecule has 0 aliphatic heterocycles. The molecule has 2 aromatic rings. The normalized spacial score (nSPS) is 13.5. The van der Waals surface area contributed by atoms with Crippen LogP contribution >= 0.6 is 11.6 Å². The Hall–Kier alpha value is -2.24. The summed E-state index contributed by atoms with van der Waals surface area (Å²) in [4.78, 5) is 12.6. The van der Waals surface area contributed by atoms with E-state index in [0.29, 0.717) is 34.3 Å². The highest BCUT2D eigenvalue weighted by molar-refractivity contribution is 6.33. The van der Waals surface area contributed by atoms with Crippen molar-refractivity contribution in [3.05, 3.63) is 52.5 Å². The van der Waals surface area contributed by atoms with Gasteiger partial charge in [-0.15, -0.1) is 0 Å². The van der Waals surface area contributed by atoms with Gasteiger partial charge >= 0.3 is 0 Å². The first-order valence-corrected chi connectivity index (χ1v) is 8.55. The molecule has 0 heterocycles. The van der Waals surface area contributed by atoms with Crippen molar-refractivity contribution in [3.8, 4) is 5.75 Å². The van der Waals surface area contributed by atoms with Crippen molar-refractivity contribution in [3.63, 3.8) is 0 Å². The molecular formula is C19H21ClN2O3. The third kappa shape index (κ3) is 4.65. The molecule has 5 nitrogen and oxygen atoms in total. The Bertz CT molecular complexity index is 775. The van der Waals surface area contributed by atoms with Crippen molar-refractivity contribution in [2.45, 2.75) is 19.4 Å². The molecule has 1 aliphatic carbocycles. The molecule has 1 aliphatic rings. The molecule has 6 heteroatoms. The third-order valence-corrected chi connectivity index (χ3v) is 4.39. The quantitative estimate of drug-likeness (QED) is 0.729. The van der Waals surface area contributed by atoms with Gasteiger partial charge in [0.15, 0.2) is 0 Å². The number of hydrogen-bond donors (Lipinski definition) is 2. The average molecular weight is 361 g/mol. The number of ether oxygens (including phenoxy) is 2. The minimum atomic E-state index is -0.310. The summed E-state index contributed by atoms with van der Waals surface area (Å²) < 4.78 is 10.9. The standard InChI is InChI=1S/C19H21ClN2O3/c1-24-18-9-17(21)16(20)8-15(18)19(23)22-14-4-2-3-13(7-14)11-25-10-12-5-6-12/h2-4,7-9,12H,5-6,10-11,21H2,1H3,(H,22,23). The van der Waals surface area contributed by atoms with Crippen LogP contribution in [0, 0.1) is 5.92 Å². The first-order valence-electron chi connectivity index (χ1n) is 8.18. The largest absolute Gasteiger partial charge is 0.496 e. The Labute approximate surface area is 152 Å². The van der Waals surface area contributed by atoms with Crippen molar-refractivity contribution in [2.75, 3.05) is 24.8 Å². The first kappa shape index (κ1) is 17.6. The second-order valence-electron chi connectivity index (χ2n) is 6.19. The van der Waals surface area contributed by atoms with Crippen molar-refractivity contribution < 1.29 is 14.3 Å². The number of carbonyl (C=O) groups excluding carboxylic acids is 1. The Kier molecular flexibility index (Phi) is 5.46. The van der Waals surface area contributed by atoms with Gasteiger partial charge in [0, 0.05) is 18.4 Å². The number of nitrogens with one attached hydrogen (secondary N) is 1. The van der Waals surface area contributed by atoms with E-state index in [0.717, 1.165) is 18.1 Å². The number of rotatable bonds is 7. The Morgan fingerprint density at radius 3 is 2.84 bits per heavy atom. The molecule has 0 spiro atoms. The number of methoxy groups -OCH3 is 1. The fraction of sp³-hybridized carbons (Fsp3) is 0.316. The minimum absolute atomic E-state index is 0.310. The number of carbonyl (C=O) groups is 1. The topological polar surface area (TPSA) is 73.6 Å². The van der Waals surface area contributed by atoms with Gasteiger partial charge in [-0.05, 0) is 42.5 Å². The van der Waals surface area contributed by atoms with Gasteiger partial charge in [0.25, 0.3) is 5.91 Å². The highest BCUT2D eigenvalue weighted by Crippen LogP contribution is 2.30. The zero-order chi connectivity index (χ0) is 17.8. The van der Waals surface area contributed by atoms with Crippen LogP contribution in [0.25, 0.3) is 0 Å². The molecule has 0 radical (unpaired) electrons. The van der Waals surface area contributed by atoms with E-state index in [1.807, 2.05) is 24.3 Å². The number of benzene rings is 2. The first-order chi connectivity index (χ1) is 12.1. The van der Waals surface area contributed by atoms with Gasteiger partial charge in [0.05, 0.1) is 30.0 Å². The second-order valence-corrected chi connectivity index (χ2v) is 6.59. The van der Waals surface area contributed by atoms with Crippen molar-refractivity contribution in [1.29, 1.82) is 0 Å². The van der Waals surface area contributed by atoms with E-state index in [9.17, 15) is 4.79 Å². The van der Waals surface area contributed by atoms with E-state index in [4.69, 9.17) is 26.8 Å². The molecule has 0 bridgehead atoms. The van der Waals surface area contributed by atoms with Crippen LogP contribution in [0.15, 0.2) is 36.4 Å².